The number of nitrogens with zero attached hydrogens (tertiary/aromatic N) is 1. The van der Waals surface area contributed by atoms with E-state index >= 15 is 0 Å². The molecule has 25 heavy (non-hydrogen) atoms. The number of ether oxygens (including phenoxy) is 1. The van der Waals surface area contributed by atoms with Crippen LogP contribution in [0.1, 0.15) is 48.5 Å². The highest BCUT2D eigenvalue weighted by Gasteiger charge is 2.29. The molecule has 1 aliphatic rings. The van der Waals surface area contributed by atoms with Crippen molar-refractivity contribution >= 4 is 39.6 Å². The van der Waals surface area contributed by atoms with Crippen molar-refractivity contribution in [2.45, 2.75) is 33.7 Å². The third kappa shape index (κ3) is 3.49. The van der Waals surface area contributed by atoms with E-state index in [1.807, 2.05) is 19.2 Å². The number of nitrogens with one attached hydrogen (secondary N) is 1. The Labute approximate surface area is 155 Å². The normalized spacial score (nSPS) is 14.2. The minimum Gasteiger partial charge on any atom is -0.462 e. The first-order valence-corrected chi connectivity index (χ1v) is 9.98. The van der Waals surface area contributed by atoms with Gasteiger partial charge in [0.25, 0.3) is 5.91 Å². The lowest BCUT2D eigenvalue weighted by Gasteiger charge is -2.22. The van der Waals surface area contributed by atoms with E-state index in [1.54, 1.807) is 18.3 Å². The summed E-state index contributed by atoms with van der Waals surface area (Å²) in [6, 6.07) is 0. The SMILES string of the molecule is CCOC(=O)c1c(NC(=O)c2csc(C)c2C)sc2c1CCN(C)C2. The molecule has 0 fully saturated rings. The van der Waals surface area contributed by atoms with Gasteiger partial charge >= 0.3 is 5.97 Å². The lowest BCUT2D eigenvalue weighted by atomic mass is 10.0. The fourth-order valence-corrected chi connectivity index (χ4v) is 5.12. The Morgan fingerprint density at radius 3 is 2.76 bits per heavy atom. The van der Waals surface area contributed by atoms with Crippen molar-refractivity contribution in [2.24, 2.45) is 0 Å². The molecule has 0 unspecified atom stereocenters. The van der Waals surface area contributed by atoms with E-state index < -0.39 is 0 Å². The summed E-state index contributed by atoms with van der Waals surface area (Å²) in [5.74, 6) is -0.516. The molecule has 3 heterocycles. The van der Waals surface area contributed by atoms with Gasteiger partial charge in [0, 0.05) is 28.2 Å². The molecule has 0 saturated carbocycles. The zero-order valence-electron chi connectivity index (χ0n) is 14.9. The Bertz CT molecular complexity index is 823. The molecule has 2 aromatic rings. The highest BCUT2D eigenvalue weighted by atomic mass is 32.1. The molecule has 0 atom stereocenters. The van der Waals surface area contributed by atoms with Gasteiger partial charge in [0.2, 0.25) is 0 Å². The number of fused-ring (bicyclic) bond motifs is 1. The molecule has 3 rings (SSSR count). The van der Waals surface area contributed by atoms with Gasteiger partial charge in [0.05, 0.1) is 17.7 Å². The maximum atomic E-state index is 12.7. The summed E-state index contributed by atoms with van der Waals surface area (Å²) in [6.45, 7) is 7.74. The zero-order valence-corrected chi connectivity index (χ0v) is 16.5. The van der Waals surface area contributed by atoms with Crippen LogP contribution in [0.25, 0.3) is 0 Å². The summed E-state index contributed by atoms with van der Waals surface area (Å²) < 4.78 is 5.24. The Balaban J connectivity index is 1.96. The number of carbonyl (C=O) groups excluding carboxylic acids is 2. The van der Waals surface area contributed by atoms with Crippen LogP contribution in [0.3, 0.4) is 0 Å². The fourth-order valence-electron chi connectivity index (χ4n) is 2.95. The average molecular weight is 379 g/mol. The third-order valence-electron chi connectivity index (χ3n) is 4.48. The number of rotatable bonds is 4. The number of esters is 1. The number of carbonyl (C=O) groups is 2. The minimum atomic E-state index is -0.349. The summed E-state index contributed by atoms with van der Waals surface area (Å²) >= 11 is 3.04. The molecule has 0 bridgehead atoms. The smallest absolute Gasteiger partial charge is 0.341 e. The Morgan fingerprint density at radius 1 is 1.36 bits per heavy atom. The Kier molecular flexibility index (Phi) is 5.27. The molecule has 0 saturated heterocycles. The first-order valence-electron chi connectivity index (χ1n) is 8.28. The minimum absolute atomic E-state index is 0.167. The van der Waals surface area contributed by atoms with Crippen molar-refractivity contribution < 1.29 is 14.3 Å². The lowest BCUT2D eigenvalue weighted by Crippen LogP contribution is -2.26. The van der Waals surface area contributed by atoms with Gasteiger partial charge in [-0.05, 0) is 45.4 Å². The fraction of sp³-hybridized carbons (Fsp3) is 0.444. The van der Waals surface area contributed by atoms with Crippen LogP contribution in [0.5, 0.6) is 0 Å². The number of thiophene rings is 2. The van der Waals surface area contributed by atoms with Crippen LogP contribution in [0.2, 0.25) is 0 Å². The van der Waals surface area contributed by atoms with Crippen molar-refractivity contribution in [3.8, 4) is 0 Å². The number of likely N-dealkylation sites (N-methyl/N-ethyl adjacent to an activating group) is 1. The van der Waals surface area contributed by atoms with Crippen molar-refractivity contribution in [3.63, 3.8) is 0 Å². The summed E-state index contributed by atoms with van der Waals surface area (Å²) in [5.41, 5.74) is 3.21. The standard InChI is InChI=1S/C18H22N2O3S2/c1-5-23-18(22)15-12-6-7-20(4)8-14(12)25-17(15)19-16(21)13-9-24-11(3)10(13)2/h9H,5-8H2,1-4H3,(H,19,21). The van der Waals surface area contributed by atoms with Gasteiger partial charge in [0.1, 0.15) is 5.00 Å². The summed E-state index contributed by atoms with van der Waals surface area (Å²) in [6.07, 6.45) is 0.795. The van der Waals surface area contributed by atoms with E-state index in [9.17, 15) is 9.59 Å². The highest BCUT2D eigenvalue weighted by molar-refractivity contribution is 7.17. The number of hydrogen-bond donors (Lipinski definition) is 1. The maximum Gasteiger partial charge on any atom is 0.341 e. The predicted octanol–water partition coefficient (Wildman–Crippen LogP) is 3.84. The molecule has 134 valence electrons. The topological polar surface area (TPSA) is 58.6 Å². The second-order valence-corrected chi connectivity index (χ2v) is 8.39. The van der Waals surface area contributed by atoms with Gasteiger partial charge in [-0.15, -0.1) is 22.7 Å². The van der Waals surface area contributed by atoms with Crippen molar-refractivity contribution in [2.75, 3.05) is 25.5 Å². The van der Waals surface area contributed by atoms with Crippen molar-refractivity contribution in [1.29, 1.82) is 0 Å². The first-order chi connectivity index (χ1) is 11.9. The zero-order chi connectivity index (χ0) is 18.1. The van der Waals surface area contributed by atoms with E-state index in [0.29, 0.717) is 22.7 Å². The van der Waals surface area contributed by atoms with E-state index in [2.05, 4.69) is 17.3 Å². The number of aryl methyl sites for hydroxylation is 1. The van der Waals surface area contributed by atoms with Gasteiger partial charge in [-0.3, -0.25) is 4.79 Å². The lowest BCUT2D eigenvalue weighted by molar-refractivity contribution is 0.0526. The largest absolute Gasteiger partial charge is 0.462 e. The monoisotopic (exact) mass is 378 g/mol. The Morgan fingerprint density at radius 2 is 2.12 bits per heavy atom. The van der Waals surface area contributed by atoms with Crippen LogP contribution in [-0.4, -0.2) is 37.0 Å². The summed E-state index contributed by atoms with van der Waals surface area (Å²) in [5, 5.41) is 5.43. The Hall–Kier alpha value is -1.70. The van der Waals surface area contributed by atoms with Crippen molar-refractivity contribution in [3.05, 3.63) is 37.4 Å². The molecular weight excluding hydrogens is 356 g/mol. The van der Waals surface area contributed by atoms with E-state index in [0.717, 1.165) is 40.4 Å². The second kappa shape index (κ2) is 7.27. The molecule has 7 heteroatoms. The van der Waals surface area contributed by atoms with Crippen LogP contribution in [0.4, 0.5) is 5.00 Å². The van der Waals surface area contributed by atoms with Crippen LogP contribution < -0.4 is 5.32 Å². The molecule has 1 amide bonds. The highest BCUT2D eigenvalue weighted by Crippen LogP contribution is 2.38. The van der Waals surface area contributed by atoms with Crippen LogP contribution in [0.15, 0.2) is 5.38 Å². The van der Waals surface area contributed by atoms with Gasteiger partial charge in [0.15, 0.2) is 0 Å². The summed E-state index contributed by atoms with van der Waals surface area (Å²) in [4.78, 5) is 29.7. The molecule has 2 aromatic heterocycles. The molecule has 0 spiro atoms. The van der Waals surface area contributed by atoms with Gasteiger partial charge < -0.3 is 15.0 Å². The summed E-state index contributed by atoms with van der Waals surface area (Å²) in [7, 11) is 2.06. The average Bonchev–Trinajstić information content (AvgIpc) is 3.07. The van der Waals surface area contributed by atoms with Gasteiger partial charge in [-0.2, -0.15) is 0 Å². The van der Waals surface area contributed by atoms with E-state index in [-0.39, 0.29) is 11.9 Å². The number of anilines is 1. The molecule has 1 aliphatic heterocycles. The molecule has 0 radical (unpaired) electrons. The molecule has 0 aromatic carbocycles. The third-order valence-corrected chi connectivity index (χ3v) is 6.63. The van der Waals surface area contributed by atoms with Crippen molar-refractivity contribution in [1.82, 2.24) is 4.90 Å². The molecular formula is C18H22N2O3S2. The van der Waals surface area contributed by atoms with E-state index in [4.69, 9.17) is 4.74 Å². The first kappa shape index (κ1) is 18.1. The van der Waals surface area contributed by atoms with Gasteiger partial charge in [-0.25, -0.2) is 4.79 Å². The second-order valence-electron chi connectivity index (χ2n) is 6.20. The van der Waals surface area contributed by atoms with Crippen LogP contribution in [-0.2, 0) is 17.7 Å². The molecule has 0 aliphatic carbocycles. The number of amides is 1. The predicted molar refractivity (Wildman–Crippen MR) is 102 cm³/mol. The number of hydrogen-bond acceptors (Lipinski definition) is 6. The van der Waals surface area contributed by atoms with E-state index in [1.165, 1.54) is 11.3 Å². The van der Waals surface area contributed by atoms with Crippen LogP contribution >= 0.6 is 22.7 Å². The van der Waals surface area contributed by atoms with Crippen LogP contribution in [0, 0.1) is 13.8 Å². The molecule has 5 nitrogen and oxygen atoms in total. The maximum absolute atomic E-state index is 12.7. The van der Waals surface area contributed by atoms with Gasteiger partial charge in [-0.1, -0.05) is 0 Å². The molecule has 1 N–H and O–H groups in total. The quantitative estimate of drug-likeness (QED) is 0.821.